The van der Waals surface area contributed by atoms with Crippen molar-refractivity contribution in [2.75, 3.05) is 116 Å². The molecular weight excluding hydrogens is 1940 g/mol. The van der Waals surface area contributed by atoms with E-state index in [-0.39, 0.29) is 81.0 Å². The largest absolute Gasteiger partial charge is 0.383 e. The molecule has 0 unspecified atom stereocenters. The molecule has 756 valence electrons. The minimum atomic E-state index is -3.67. The van der Waals surface area contributed by atoms with Crippen LogP contribution in [0, 0.1) is 50.2 Å². The molecule has 0 saturated carbocycles. The molecule has 5 fully saturated rings. The summed E-state index contributed by atoms with van der Waals surface area (Å²) in [5.41, 5.74) is 36.0. The van der Waals surface area contributed by atoms with Crippen LogP contribution in [0.4, 0.5) is 26.2 Å². The standard InChI is InChI=1S/C42H43FN4O4.C38H34FN3O4.C31H30BrN3O3.C4H9NO.CH4O3S/c1-28-2-6-32(7-3-28)37-26-47(24-30-12-16-50-17-13-30)27-38(41(37)49)40(48)20-29-4-8-31(9-5-29)36-21-35(23-45-42(36)44)33-10-11-34(39(43)22-33)25-46-14-18-51-19-15-46;1-24-2-6-28(7-3-24)33-21-42(20-26-12-14-46-15-13-26)22-34(37(33)45)36(44)16-25-4-8-27(9-5-25)32-17-31(19-41-38(32)40)29-10-11-30(23-43)35(39)18-29;1-20-2-6-24(7-3-20)27-18-35(17-22-10-12-38-13-11-22)19-28(30(27)37)29(36)14-21-4-8-23(9-5-21)26-15-25(32)16-34-31(26)33;1-3-6-4-2-5-1;1-5(2,3)4/h2-11,21-23,26-27,30H,12-20,24-25H2,1H3,(H2,44,45);2-11,17-19,21-23,26H,12-16,20H2,1H3,(H2,40,41);2-9,15-16,18-19,22H,10-14,17H2,1H3,(H2,33,34);5H,1-4H2;1H3,(H,2,3,4). The summed E-state index contributed by atoms with van der Waals surface area (Å²) in [7, 11) is -3.67. The van der Waals surface area contributed by atoms with Crippen LogP contribution in [0.15, 0.2) is 275 Å². The van der Waals surface area contributed by atoms with E-state index in [1.54, 1.807) is 49.3 Å². The number of carbonyl (C=O) groups is 4. The van der Waals surface area contributed by atoms with Crippen LogP contribution in [0.2, 0.25) is 0 Å². The second-order valence-electron chi connectivity index (χ2n) is 37.5. The molecule has 6 aromatic heterocycles. The van der Waals surface area contributed by atoms with Gasteiger partial charge in [0, 0.05) is 222 Å². The highest BCUT2D eigenvalue weighted by Crippen LogP contribution is 2.36. The van der Waals surface area contributed by atoms with E-state index in [9.17, 15) is 46.4 Å². The molecule has 0 atom stereocenters. The van der Waals surface area contributed by atoms with Crippen LogP contribution in [0.5, 0.6) is 0 Å². The molecule has 14 aromatic rings. The summed E-state index contributed by atoms with van der Waals surface area (Å²) in [6.07, 6.45) is 22.8. The maximum atomic E-state index is 15.2. The van der Waals surface area contributed by atoms with Crippen LogP contribution in [0.3, 0.4) is 0 Å². The molecule has 146 heavy (non-hydrogen) atoms. The van der Waals surface area contributed by atoms with Crippen molar-refractivity contribution in [3.8, 4) is 89.0 Å². The van der Waals surface area contributed by atoms with Gasteiger partial charge in [-0.15, -0.1) is 0 Å². The molecular formula is C116H120BrF2N11O15S. The predicted octanol–water partition coefficient (Wildman–Crippen LogP) is 19.1. The summed E-state index contributed by atoms with van der Waals surface area (Å²) in [4.78, 5) is 108. The lowest BCUT2D eigenvalue weighted by molar-refractivity contribution is 0.0337. The summed E-state index contributed by atoms with van der Waals surface area (Å²) in [5, 5.41) is 3.16. The molecule has 0 amide bonds. The van der Waals surface area contributed by atoms with Gasteiger partial charge in [-0.2, -0.15) is 8.42 Å². The van der Waals surface area contributed by atoms with Crippen molar-refractivity contribution in [2.45, 2.75) is 105 Å². The average molecular weight is 2060 g/mol. The van der Waals surface area contributed by atoms with Gasteiger partial charge in [-0.1, -0.05) is 180 Å². The molecule has 5 saturated heterocycles. The summed E-state index contributed by atoms with van der Waals surface area (Å²) < 4.78 is 89.2. The third-order valence-corrected chi connectivity index (χ3v) is 26.9. The van der Waals surface area contributed by atoms with Crippen LogP contribution in [0.25, 0.3) is 89.0 Å². The number of aryl methyl sites for hydroxylation is 3. The third kappa shape index (κ3) is 29.5. The van der Waals surface area contributed by atoms with Gasteiger partial charge in [-0.25, -0.2) is 23.7 Å². The number of nitrogens with two attached hydrogens (primary N) is 3. The fourth-order valence-corrected chi connectivity index (χ4v) is 18.5. The number of aldehydes is 1. The van der Waals surface area contributed by atoms with Crippen LogP contribution < -0.4 is 38.8 Å². The zero-order chi connectivity index (χ0) is 103. The Morgan fingerprint density at radius 1 is 0.404 bits per heavy atom. The number of morpholine rings is 2. The topological polar surface area (TPSA) is 367 Å². The molecule has 19 rings (SSSR count). The predicted molar refractivity (Wildman–Crippen MR) is 571 cm³/mol. The van der Waals surface area contributed by atoms with Crippen LogP contribution in [-0.2, 0) is 79.2 Å². The highest BCUT2D eigenvalue weighted by atomic mass is 79.9. The van der Waals surface area contributed by atoms with Gasteiger partial charge < -0.3 is 59.9 Å². The molecule has 0 radical (unpaired) electrons. The number of anilines is 3. The highest BCUT2D eigenvalue weighted by molar-refractivity contribution is 9.10. The van der Waals surface area contributed by atoms with E-state index in [0.29, 0.717) is 124 Å². The van der Waals surface area contributed by atoms with Gasteiger partial charge in [0.2, 0.25) is 0 Å². The number of aromatic nitrogens is 6. The lowest BCUT2D eigenvalue weighted by Gasteiger charge is -2.26. The van der Waals surface area contributed by atoms with Crippen molar-refractivity contribution in [3.63, 3.8) is 0 Å². The van der Waals surface area contributed by atoms with E-state index < -0.39 is 15.9 Å². The van der Waals surface area contributed by atoms with Crippen molar-refractivity contribution in [1.82, 2.24) is 38.9 Å². The van der Waals surface area contributed by atoms with Crippen molar-refractivity contribution in [1.29, 1.82) is 0 Å². The second kappa shape index (κ2) is 50.8. The maximum Gasteiger partial charge on any atom is 0.261 e. The number of nitrogens with one attached hydrogen (secondary N) is 1. The van der Waals surface area contributed by atoms with E-state index in [1.807, 2.05) is 229 Å². The van der Waals surface area contributed by atoms with E-state index in [0.717, 1.165) is 213 Å². The van der Waals surface area contributed by atoms with Crippen molar-refractivity contribution >= 4 is 67.1 Å². The molecule has 11 heterocycles. The number of halogens is 3. The van der Waals surface area contributed by atoms with E-state index in [1.165, 1.54) is 12.1 Å². The summed E-state index contributed by atoms with van der Waals surface area (Å²) >= 11 is 3.44. The first-order valence-electron chi connectivity index (χ1n) is 49.0. The number of hydrogen-bond donors (Lipinski definition) is 5. The molecule has 0 bridgehead atoms. The van der Waals surface area contributed by atoms with E-state index in [2.05, 4.69) is 41.1 Å². The molecule has 8 N–H and O–H groups in total. The first-order chi connectivity index (χ1) is 70.5. The Morgan fingerprint density at radius 3 is 1.03 bits per heavy atom. The number of ketones is 3. The number of benzene rings is 8. The molecule has 0 aliphatic carbocycles. The van der Waals surface area contributed by atoms with Crippen molar-refractivity contribution in [2.24, 2.45) is 17.8 Å². The maximum absolute atomic E-state index is 15.2. The first kappa shape index (κ1) is 106. The molecule has 0 spiro atoms. The van der Waals surface area contributed by atoms with Crippen molar-refractivity contribution in [3.05, 3.63) is 364 Å². The Bertz CT molecular complexity index is 7230. The lowest BCUT2D eigenvalue weighted by Crippen LogP contribution is -2.35. The van der Waals surface area contributed by atoms with Gasteiger partial charge in [-0.05, 0) is 191 Å². The number of nitrogens with zero attached hydrogens (tertiary/aromatic N) is 7. The second-order valence-corrected chi connectivity index (χ2v) is 39.9. The summed E-state index contributed by atoms with van der Waals surface area (Å²) in [6, 6.07) is 61.4. The highest BCUT2D eigenvalue weighted by Gasteiger charge is 2.27. The minimum absolute atomic E-state index is 0.0161. The van der Waals surface area contributed by atoms with E-state index in [4.69, 9.17) is 45.4 Å². The number of rotatable bonds is 26. The minimum Gasteiger partial charge on any atom is -0.383 e. The van der Waals surface area contributed by atoms with E-state index >= 15 is 4.39 Å². The Balaban J connectivity index is 0.000000157. The van der Waals surface area contributed by atoms with Crippen molar-refractivity contribution < 1.29 is 64.6 Å². The van der Waals surface area contributed by atoms with Crippen LogP contribution in [-0.4, -0.2) is 169 Å². The van der Waals surface area contributed by atoms with Gasteiger partial charge in [-0.3, -0.25) is 43.0 Å². The fraction of sp³-hybridized carbons (Fsp3) is 0.293. The summed E-state index contributed by atoms with van der Waals surface area (Å²) in [6.45, 7) is 19.9. The van der Waals surface area contributed by atoms with Gasteiger partial charge >= 0.3 is 0 Å². The zero-order valence-electron chi connectivity index (χ0n) is 82.2. The van der Waals surface area contributed by atoms with Gasteiger partial charge in [0.05, 0.1) is 54.9 Å². The smallest absolute Gasteiger partial charge is 0.261 e. The quantitative estimate of drug-likeness (QED) is 0.0191. The Labute approximate surface area is 856 Å². The van der Waals surface area contributed by atoms with Gasteiger partial charge in [0.1, 0.15) is 29.1 Å². The number of nitrogen functional groups attached to an aromatic ring is 3. The zero-order valence-corrected chi connectivity index (χ0v) is 84.6. The number of pyridine rings is 6. The van der Waals surface area contributed by atoms with Crippen LogP contribution >= 0.6 is 15.9 Å². The molecule has 30 heteroatoms. The average Bonchev–Trinajstić information content (AvgIpc) is 1.03. The number of ether oxygens (including phenoxy) is 5. The molecule has 5 aliphatic heterocycles. The Morgan fingerprint density at radius 2 is 0.705 bits per heavy atom. The monoisotopic (exact) mass is 2060 g/mol. The summed E-state index contributed by atoms with van der Waals surface area (Å²) in [5.74, 6) is 0.825. The molecule has 8 aromatic carbocycles. The number of hydrogen-bond acceptors (Lipinski definition) is 22. The number of Topliss-reactive ketones (excluding diaryl/α,β-unsaturated/α-hetero) is 3. The first-order valence-corrected chi connectivity index (χ1v) is 51.6. The molecule has 5 aliphatic rings. The normalized spacial score (nSPS) is 14.7. The lowest BCUT2D eigenvalue weighted by atomic mass is 9.96. The third-order valence-electron chi connectivity index (χ3n) is 26.5. The fourth-order valence-electron chi connectivity index (χ4n) is 18.1. The van der Waals surface area contributed by atoms with Gasteiger partial charge in [0.15, 0.2) is 39.9 Å². The number of carbonyl (C=O) groups excluding carboxylic acids is 4. The SMILES string of the molecule is C1COCCN1.CS(=O)(=O)O.Cc1ccc(-c2cn(CC3CCOCC3)cc(C(=O)Cc3ccc(-c4cc(-c5ccc(C=O)c(F)c5)cnc4N)cc3)c2=O)cc1.Cc1ccc(-c2cn(CC3CCOCC3)cc(C(=O)Cc3ccc(-c4cc(-c5ccc(CN6CCOCC6)c(F)c5)cnc4N)cc3)c2=O)cc1.Cc1ccc(-c2cn(CC3CCOCC3)cc(C(=O)Cc3ccc(-c4cc(Br)cnc4N)cc3)c2=O)cc1. The Kier molecular flexibility index (Phi) is 37.0. The van der Waals surface area contributed by atoms with Gasteiger partial charge in [0.25, 0.3) is 10.1 Å². The Hall–Kier alpha value is -13.9. The molecule has 26 nitrogen and oxygen atoms in total. The van der Waals surface area contributed by atoms with Crippen LogP contribution in [0.1, 0.15) is 119 Å².